The topological polar surface area (TPSA) is 55.4 Å². The van der Waals surface area contributed by atoms with Gasteiger partial charge in [-0.2, -0.15) is 0 Å². The number of unbranched alkanes of at least 4 members (excludes halogenated alkanes) is 1. The second kappa shape index (κ2) is 6.61. The van der Waals surface area contributed by atoms with Crippen LogP contribution in [0, 0.1) is 0 Å². The van der Waals surface area contributed by atoms with E-state index in [2.05, 4.69) is 4.72 Å². The van der Waals surface area contributed by atoms with Gasteiger partial charge in [0.15, 0.2) is 0 Å². The quantitative estimate of drug-likeness (QED) is 0.754. The largest absolute Gasteiger partial charge is 0.496 e. The maximum atomic E-state index is 10.8. The molecule has 0 aliphatic carbocycles. The zero-order valence-corrected chi connectivity index (χ0v) is 11.1. The molecule has 0 radical (unpaired) electrons. The molecular formula is C12H19NO3S. The average Bonchev–Trinajstić information content (AvgIpc) is 2.27. The lowest BCUT2D eigenvalue weighted by molar-refractivity contribution is 0.409. The molecule has 0 unspecified atom stereocenters. The van der Waals surface area contributed by atoms with Crippen LogP contribution in [0.3, 0.4) is 0 Å². The summed E-state index contributed by atoms with van der Waals surface area (Å²) in [5.41, 5.74) is 1.16. The molecule has 0 aliphatic heterocycles. The Hall–Kier alpha value is -1.07. The van der Waals surface area contributed by atoms with E-state index in [9.17, 15) is 8.42 Å². The Morgan fingerprint density at radius 3 is 2.59 bits per heavy atom. The van der Waals surface area contributed by atoms with Crippen molar-refractivity contribution < 1.29 is 13.2 Å². The fourth-order valence-electron chi connectivity index (χ4n) is 1.61. The Labute approximate surface area is 103 Å². The maximum Gasteiger partial charge on any atom is 0.208 e. The monoisotopic (exact) mass is 257 g/mol. The van der Waals surface area contributed by atoms with E-state index in [0.29, 0.717) is 6.54 Å². The molecule has 0 aromatic heterocycles. The maximum absolute atomic E-state index is 10.8. The lowest BCUT2D eigenvalue weighted by atomic mass is 10.1. The van der Waals surface area contributed by atoms with E-state index in [-0.39, 0.29) is 0 Å². The first-order valence-corrected chi connectivity index (χ1v) is 7.48. The van der Waals surface area contributed by atoms with Gasteiger partial charge in [-0.15, -0.1) is 0 Å². The fraction of sp³-hybridized carbons (Fsp3) is 0.500. The van der Waals surface area contributed by atoms with E-state index in [4.69, 9.17) is 4.74 Å². The number of nitrogens with one attached hydrogen (secondary N) is 1. The zero-order chi connectivity index (χ0) is 12.7. The fourth-order valence-corrected chi connectivity index (χ4v) is 2.12. The minimum atomic E-state index is -3.06. The van der Waals surface area contributed by atoms with Crippen LogP contribution in [-0.2, 0) is 16.4 Å². The van der Waals surface area contributed by atoms with Gasteiger partial charge in [-0.05, 0) is 30.9 Å². The van der Waals surface area contributed by atoms with Crippen molar-refractivity contribution in [1.82, 2.24) is 4.72 Å². The molecule has 0 spiro atoms. The molecule has 0 saturated carbocycles. The second-order valence-corrected chi connectivity index (χ2v) is 5.77. The van der Waals surface area contributed by atoms with E-state index in [1.165, 1.54) is 6.26 Å². The third-order valence-corrected chi connectivity index (χ3v) is 3.16. The van der Waals surface area contributed by atoms with E-state index >= 15 is 0 Å². The van der Waals surface area contributed by atoms with Crippen molar-refractivity contribution in [3.05, 3.63) is 29.8 Å². The highest BCUT2D eigenvalue weighted by Gasteiger charge is 2.02. The molecule has 0 aliphatic rings. The van der Waals surface area contributed by atoms with Crippen LogP contribution >= 0.6 is 0 Å². The molecule has 96 valence electrons. The molecule has 0 atom stereocenters. The number of hydrogen-bond donors (Lipinski definition) is 1. The van der Waals surface area contributed by atoms with Crippen LogP contribution in [0.4, 0.5) is 0 Å². The molecule has 0 fully saturated rings. The third kappa shape index (κ3) is 5.70. The number of aryl methyl sites for hydroxylation is 1. The van der Waals surface area contributed by atoms with Gasteiger partial charge in [0.2, 0.25) is 10.0 Å². The molecule has 1 N–H and O–H groups in total. The van der Waals surface area contributed by atoms with Gasteiger partial charge in [-0.25, -0.2) is 13.1 Å². The van der Waals surface area contributed by atoms with E-state index in [0.717, 1.165) is 30.6 Å². The minimum absolute atomic E-state index is 0.494. The lowest BCUT2D eigenvalue weighted by Gasteiger charge is -2.07. The van der Waals surface area contributed by atoms with Gasteiger partial charge in [0.25, 0.3) is 0 Å². The van der Waals surface area contributed by atoms with Crippen LogP contribution in [0.2, 0.25) is 0 Å². The normalized spacial score (nSPS) is 11.4. The number of methoxy groups -OCH3 is 1. The van der Waals surface area contributed by atoms with Crippen LogP contribution in [0.1, 0.15) is 18.4 Å². The Kier molecular flexibility index (Phi) is 5.44. The van der Waals surface area contributed by atoms with Crippen molar-refractivity contribution in [3.8, 4) is 5.75 Å². The Morgan fingerprint density at radius 1 is 1.24 bits per heavy atom. The van der Waals surface area contributed by atoms with Crippen molar-refractivity contribution in [2.45, 2.75) is 19.3 Å². The summed E-state index contributed by atoms with van der Waals surface area (Å²) in [4.78, 5) is 0. The summed E-state index contributed by atoms with van der Waals surface area (Å²) in [7, 11) is -1.40. The molecule has 0 saturated heterocycles. The van der Waals surface area contributed by atoms with Crippen LogP contribution in [0.5, 0.6) is 5.75 Å². The van der Waals surface area contributed by atoms with Crippen molar-refractivity contribution in [1.29, 1.82) is 0 Å². The minimum Gasteiger partial charge on any atom is -0.496 e. The summed E-state index contributed by atoms with van der Waals surface area (Å²) in [6.45, 7) is 0.494. The Balaban J connectivity index is 2.31. The number of benzene rings is 1. The smallest absolute Gasteiger partial charge is 0.208 e. The molecule has 5 heteroatoms. The van der Waals surface area contributed by atoms with Crippen molar-refractivity contribution >= 4 is 10.0 Å². The molecule has 4 nitrogen and oxygen atoms in total. The highest BCUT2D eigenvalue weighted by Crippen LogP contribution is 2.19. The van der Waals surface area contributed by atoms with Gasteiger partial charge in [0.05, 0.1) is 13.4 Å². The summed E-state index contributed by atoms with van der Waals surface area (Å²) < 4.78 is 29.4. The summed E-state index contributed by atoms with van der Waals surface area (Å²) in [5, 5.41) is 0. The molecule has 1 aromatic rings. The van der Waals surface area contributed by atoms with Crippen molar-refractivity contribution in [2.75, 3.05) is 19.9 Å². The van der Waals surface area contributed by atoms with Gasteiger partial charge in [0, 0.05) is 6.54 Å². The van der Waals surface area contributed by atoms with Crippen LogP contribution in [0.15, 0.2) is 24.3 Å². The first-order valence-electron chi connectivity index (χ1n) is 5.59. The first kappa shape index (κ1) is 14.0. The highest BCUT2D eigenvalue weighted by molar-refractivity contribution is 7.88. The zero-order valence-electron chi connectivity index (χ0n) is 10.3. The van der Waals surface area contributed by atoms with Crippen molar-refractivity contribution in [2.24, 2.45) is 0 Å². The number of sulfonamides is 1. The molecule has 0 bridgehead atoms. The van der Waals surface area contributed by atoms with Crippen LogP contribution in [0.25, 0.3) is 0 Å². The van der Waals surface area contributed by atoms with Crippen molar-refractivity contribution in [3.63, 3.8) is 0 Å². The lowest BCUT2D eigenvalue weighted by Crippen LogP contribution is -2.22. The summed E-state index contributed by atoms with van der Waals surface area (Å²) in [5.74, 6) is 0.892. The number of para-hydroxylation sites is 1. The molecule has 1 rings (SSSR count). The highest BCUT2D eigenvalue weighted by atomic mass is 32.2. The summed E-state index contributed by atoms with van der Waals surface area (Å²) in [6, 6.07) is 7.88. The Morgan fingerprint density at radius 2 is 1.94 bits per heavy atom. The third-order valence-electron chi connectivity index (χ3n) is 2.43. The number of ether oxygens (including phenoxy) is 1. The number of hydrogen-bond acceptors (Lipinski definition) is 3. The molecule has 1 aromatic carbocycles. The molecular weight excluding hydrogens is 238 g/mol. The van der Waals surface area contributed by atoms with Gasteiger partial charge in [0.1, 0.15) is 5.75 Å². The van der Waals surface area contributed by atoms with Crippen LogP contribution in [-0.4, -0.2) is 28.3 Å². The molecule has 0 heterocycles. The predicted octanol–water partition coefficient (Wildman–Crippen LogP) is 1.57. The summed E-state index contributed by atoms with van der Waals surface area (Å²) in [6.07, 6.45) is 3.83. The summed E-state index contributed by atoms with van der Waals surface area (Å²) >= 11 is 0. The molecule has 0 amide bonds. The van der Waals surface area contributed by atoms with Gasteiger partial charge < -0.3 is 4.74 Å². The van der Waals surface area contributed by atoms with E-state index in [1.54, 1.807) is 7.11 Å². The van der Waals surface area contributed by atoms with Gasteiger partial charge in [-0.3, -0.25) is 0 Å². The predicted molar refractivity (Wildman–Crippen MR) is 68.8 cm³/mol. The SMILES string of the molecule is COc1ccccc1CCCCNS(C)(=O)=O. The standard InChI is InChI=1S/C12H19NO3S/c1-16-12-9-4-3-7-11(12)8-5-6-10-13-17(2,14)15/h3-4,7,9,13H,5-6,8,10H2,1-2H3. The van der Waals surface area contributed by atoms with Gasteiger partial charge in [-0.1, -0.05) is 18.2 Å². The Bertz CT molecular complexity index is 443. The van der Waals surface area contributed by atoms with Gasteiger partial charge >= 0.3 is 0 Å². The van der Waals surface area contributed by atoms with Crippen LogP contribution < -0.4 is 9.46 Å². The van der Waals surface area contributed by atoms with E-state index in [1.807, 2.05) is 24.3 Å². The van der Waals surface area contributed by atoms with E-state index < -0.39 is 10.0 Å². The first-order chi connectivity index (χ1) is 8.03. The molecule has 17 heavy (non-hydrogen) atoms. The average molecular weight is 257 g/mol. The number of rotatable bonds is 7. The second-order valence-electron chi connectivity index (χ2n) is 3.94.